The lowest BCUT2D eigenvalue weighted by atomic mass is 10.1. The highest BCUT2D eigenvalue weighted by molar-refractivity contribution is 6.32. The lowest BCUT2D eigenvalue weighted by Gasteiger charge is -2.32. The number of morpholine rings is 1. The van der Waals surface area contributed by atoms with E-state index in [4.69, 9.17) is 21.4 Å². The van der Waals surface area contributed by atoms with Crippen molar-refractivity contribution in [2.75, 3.05) is 19.8 Å². The molecule has 0 bridgehead atoms. The summed E-state index contributed by atoms with van der Waals surface area (Å²) in [6.07, 6.45) is 1.15. The molecule has 0 aromatic carbocycles. The molecule has 1 N–H and O–H groups in total. The van der Waals surface area contributed by atoms with Crippen molar-refractivity contribution in [1.29, 1.82) is 0 Å². The molecule has 9 nitrogen and oxygen atoms in total. The van der Waals surface area contributed by atoms with E-state index in [1.54, 1.807) is 0 Å². The Morgan fingerprint density at radius 1 is 1.57 bits per heavy atom. The number of nitrogens with zero attached hydrogens (tertiary/aromatic N) is 3. The van der Waals surface area contributed by atoms with Crippen LogP contribution in [0.1, 0.15) is 10.4 Å². The van der Waals surface area contributed by atoms with Gasteiger partial charge in [0.05, 0.1) is 18.1 Å². The van der Waals surface area contributed by atoms with Gasteiger partial charge in [0.25, 0.3) is 5.91 Å². The lowest BCUT2D eigenvalue weighted by molar-refractivity contribution is -0.385. The Bertz CT molecular complexity index is 608. The minimum Gasteiger partial charge on any atom is -0.480 e. The predicted octanol–water partition coefficient (Wildman–Crippen LogP) is 0.569. The van der Waals surface area contributed by atoms with Crippen LogP contribution in [0.2, 0.25) is 5.15 Å². The van der Waals surface area contributed by atoms with Crippen molar-refractivity contribution >= 4 is 29.2 Å². The van der Waals surface area contributed by atoms with E-state index in [1.807, 2.05) is 0 Å². The first-order valence-corrected chi connectivity index (χ1v) is 6.21. The minimum absolute atomic E-state index is 0.0207. The first kappa shape index (κ1) is 15.1. The van der Waals surface area contributed by atoms with E-state index < -0.39 is 33.7 Å². The Balaban J connectivity index is 2.42. The molecular weight excluding hydrogens is 306 g/mol. The van der Waals surface area contributed by atoms with Crippen LogP contribution >= 0.6 is 11.6 Å². The number of aromatic nitrogens is 1. The van der Waals surface area contributed by atoms with Gasteiger partial charge in [-0.05, 0) is 6.07 Å². The molecule has 1 atom stereocenters. The van der Waals surface area contributed by atoms with Crippen LogP contribution in [-0.2, 0) is 9.53 Å². The molecule has 1 unspecified atom stereocenters. The number of carbonyl (C=O) groups is 2. The Hall–Kier alpha value is -2.26. The molecule has 0 spiro atoms. The summed E-state index contributed by atoms with van der Waals surface area (Å²) >= 11 is 5.64. The van der Waals surface area contributed by atoms with Crippen molar-refractivity contribution in [2.45, 2.75) is 6.04 Å². The van der Waals surface area contributed by atoms with Gasteiger partial charge in [0.2, 0.25) is 5.15 Å². The van der Waals surface area contributed by atoms with Crippen molar-refractivity contribution < 1.29 is 24.4 Å². The fraction of sp³-hybridized carbons (Fsp3) is 0.364. The Kier molecular flexibility index (Phi) is 4.34. The standard InChI is InChI=1S/C11H10ClN3O6/c12-9-8(15(19)20)6(1-2-13-9)10(16)14-3-4-21-5-7(14)11(17)18/h1-2,7H,3-5H2,(H,17,18). The second-order valence-corrected chi connectivity index (χ2v) is 4.54. The minimum atomic E-state index is -1.24. The van der Waals surface area contributed by atoms with E-state index in [0.717, 1.165) is 17.2 Å². The number of halogens is 1. The number of amides is 1. The molecule has 0 radical (unpaired) electrons. The maximum atomic E-state index is 12.4. The molecule has 112 valence electrons. The van der Waals surface area contributed by atoms with Gasteiger partial charge in [-0.2, -0.15) is 0 Å². The van der Waals surface area contributed by atoms with Crippen LogP contribution in [0.25, 0.3) is 0 Å². The van der Waals surface area contributed by atoms with E-state index in [2.05, 4.69) is 4.98 Å². The topological polar surface area (TPSA) is 123 Å². The second kappa shape index (κ2) is 6.02. The van der Waals surface area contributed by atoms with E-state index in [1.165, 1.54) is 0 Å². The number of carbonyl (C=O) groups excluding carboxylic acids is 1. The average Bonchev–Trinajstić information content (AvgIpc) is 2.45. The summed E-state index contributed by atoms with van der Waals surface area (Å²) in [4.78, 5) is 38.3. The van der Waals surface area contributed by atoms with Gasteiger partial charge in [-0.15, -0.1) is 0 Å². The van der Waals surface area contributed by atoms with Crippen molar-refractivity contribution in [1.82, 2.24) is 9.88 Å². The Labute approximate surface area is 123 Å². The van der Waals surface area contributed by atoms with Crippen molar-refractivity contribution in [3.05, 3.63) is 33.1 Å². The molecule has 0 aliphatic carbocycles. The zero-order chi connectivity index (χ0) is 15.6. The van der Waals surface area contributed by atoms with E-state index >= 15 is 0 Å². The molecule has 0 saturated carbocycles. The largest absolute Gasteiger partial charge is 0.480 e. The third-order valence-electron chi connectivity index (χ3n) is 2.97. The second-order valence-electron chi connectivity index (χ2n) is 4.18. The van der Waals surface area contributed by atoms with Gasteiger partial charge in [-0.3, -0.25) is 14.9 Å². The van der Waals surface area contributed by atoms with Crippen molar-refractivity contribution in [2.24, 2.45) is 0 Å². The van der Waals surface area contributed by atoms with E-state index in [0.29, 0.717) is 0 Å². The molecule has 1 aromatic rings. The van der Waals surface area contributed by atoms with E-state index in [-0.39, 0.29) is 25.3 Å². The normalized spacial score (nSPS) is 18.3. The Morgan fingerprint density at radius 3 is 2.90 bits per heavy atom. The van der Waals surface area contributed by atoms with Crippen LogP contribution in [0, 0.1) is 10.1 Å². The number of hydrogen-bond acceptors (Lipinski definition) is 6. The van der Waals surface area contributed by atoms with Crippen LogP contribution in [0.15, 0.2) is 12.3 Å². The summed E-state index contributed by atoms with van der Waals surface area (Å²) in [5.74, 6) is -2.03. The average molecular weight is 316 g/mol. The van der Waals surface area contributed by atoms with Crippen LogP contribution in [-0.4, -0.2) is 57.6 Å². The number of carboxylic acid groups (broad SMARTS) is 1. The molecule has 1 amide bonds. The summed E-state index contributed by atoms with van der Waals surface area (Å²) in [5.41, 5.74) is -0.937. The zero-order valence-corrected chi connectivity index (χ0v) is 11.3. The Morgan fingerprint density at radius 2 is 2.29 bits per heavy atom. The van der Waals surface area contributed by atoms with Gasteiger partial charge < -0.3 is 14.7 Å². The highest BCUT2D eigenvalue weighted by atomic mass is 35.5. The molecule has 1 aliphatic heterocycles. The van der Waals surface area contributed by atoms with E-state index in [9.17, 15) is 19.7 Å². The molecule has 2 heterocycles. The lowest BCUT2D eigenvalue weighted by Crippen LogP contribution is -2.52. The van der Waals surface area contributed by atoms with Gasteiger partial charge in [0.1, 0.15) is 5.56 Å². The summed E-state index contributed by atoms with van der Waals surface area (Å²) in [6.45, 7) is 0.00269. The predicted molar refractivity (Wildman–Crippen MR) is 69.2 cm³/mol. The SMILES string of the molecule is O=C(O)C1COCCN1C(=O)c1ccnc(Cl)c1[N+](=O)[O-]. The zero-order valence-electron chi connectivity index (χ0n) is 10.6. The molecule has 21 heavy (non-hydrogen) atoms. The number of pyridine rings is 1. The maximum absolute atomic E-state index is 12.4. The number of hydrogen-bond donors (Lipinski definition) is 1. The van der Waals surface area contributed by atoms with Crippen LogP contribution in [0.3, 0.4) is 0 Å². The summed E-state index contributed by atoms with van der Waals surface area (Å²) in [5, 5.41) is 19.7. The van der Waals surface area contributed by atoms with Gasteiger partial charge in [0, 0.05) is 12.7 Å². The van der Waals surface area contributed by atoms with Gasteiger partial charge >= 0.3 is 11.7 Å². The van der Waals surface area contributed by atoms with Gasteiger partial charge in [-0.1, -0.05) is 11.6 Å². The van der Waals surface area contributed by atoms with Gasteiger partial charge in [0.15, 0.2) is 6.04 Å². The monoisotopic (exact) mass is 315 g/mol. The highest BCUT2D eigenvalue weighted by Gasteiger charge is 2.36. The molecule has 10 heteroatoms. The smallest absolute Gasteiger partial charge is 0.328 e. The first-order chi connectivity index (χ1) is 9.93. The summed E-state index contributed by atoms with van der Waals surface area (Å²) in [7, 11) is 0. The molecular formula is C11H10ClN3O6. The number of ether oxygens (including phenoxy) is 1. The third kappa shape index (κ3) is 2.93. The maximum Gasteiger partial charge on any atom is 0.328 e. The molecule has 1 aromatic heterocycles. The summed E-state index contributed by atoms with van der Waals surface area (Å²) in [6, 6.07) is -0.0569. The fourth-order valence-corrected chi connectivity index (χ4v) is 2.21. The third-order valence-corrected chi connectivity index (χ3v) is 3.24. The van der Waals surface area contributed by atoms with Crippen LogP contribution in [0.4, 0.5) is 5.69 Å². The van der Waals surface area contributed by atoms with Gasteiger partial charge in [-0.25, -0.2) is 9.78 Å². The van der Waals surface area contributed by atoms with Crippen LogP contribution in [0.5, 0.6) is 0 Å². The number of aliphatic carboxylic acids is 1. The quantitative estimate of drug-likeness (QED) is 0.491. The highest BCUT2D eigenvalue weighted by Crippen LogP contribution is 2.28. The fourth-order valence-electron chi connectivity index (χ4n) is 1.98. The molecule has 1 aliphatic rings. The molecule has 1 saturated heterocycles. The number of rotatable bonds is 3. The van der Waals surface area contributed by atoms with Crippen molar-refractivity contribution in [3.8, 4) is 0 Å². The summed E-state index contributed by atoms with van der Waals surface area (Å²) < 4.78 is 5.01. The molecule has 1 fully saturated rings. The molecule has 2 rings (SSSR count). The van der Waals surface area contributed by atoms with Crippen LogP contribution < -0.4 is 0 Å². The first-order valence-electron chi connectivity index (χ1n) is 5.84. The number of carboxylic acids is 1. The van der Waals surface area contributed by atoms with Crippen molar-refractivity contribution in [3.63, 3.8) is 0 Å². The number of nitro groups is 1.